The molecule has 0 spiro atoms. The number of imidazole rings is 1. The third kappa shape index (κ3) is 2.64. The summed E-state index contributed by atoms with van der Waals surface area (Å²) in [6.07, 6.45) is 6.20. The molecule has 0 amide bonds. The number of thiophene rings is 1. The summed E-state index contributed by atoms with van der Waals surface area (Å²) in [5.74, 6) is 1.17. The van der Waals surface area contributed by atoms with Crippen molar-refractivity contribution >= 4 is 40.2 Å². The van der Waals surface area contributed by atoms with Gasteiger partial charge < -0.3 is 15.5 Å². The van der Waals surface area contributed by atoms with E-state index in [1.54, 1.807) is 23.7 Å². The highest BCUT2D eigenvalue weighted by Crippen LogP contribution is 2.22. The number of hydrogen-bond acceptors (Lipinski definition) is 5. The minimum absolute atomic E-state index is 0.465. The van der Waals surface area contributed by atoms with Crippen LogP contribution in [0.25, 0.3) is 5.65 Å². The number of nitrogens with one attached hydrogen (secondary N) is 1. The second-order valence-corrected chi connectivity index (χ2v) is 5.85. The quantitative estimate of drug-likeness (QED) is 0.776. The average molecular weight is 294 g/mol. The molecular formula is C12H12ClN5S. The van der Waals surface area contributed by atoms with Gasteiger partial charge in [0.05, 0.1) is 10.5 Å². The van der Waals surface area contributed by atoms with E-state index in [2.05, 4.69) is 15.3 Å². The largest absolute Gasteiger partial charge is 0.382 e. The van der Waals surface area contributed by atoms with Crippen LogP contribution in [0.2, 0.25) is 4.34 Å². The van der Waals surface area contributed by atoms with Crippen molar-refractivity contribution in [1.29, 1.82) is 0 Å². The van der Waals surface area contributed by atoms with E-state index < -0.39 is 0 Å². The van der Waals surface area contributed by atoms with Gasteiger partial charge in [0.2, 0.25) is 0 Å². The first-order valence-corrected chi connectivity index (χ1v) is 6.99. The van der Waals surface area contributed by atoms with Crippen LogP contribution in [0.1, 0.15) is 4.88 Å². The minimum Gasteiger partial charge on any atom is -0.382 e. The zero-order valence-corrected chi connectivity index (χ0v) is 11.6. The van der Waals surface area contributed by atoms with Crippen molar-refractivity contribution in [3.8, 4) is 0 Å². The molecule has 19 heavy (non-hydrogen) atoms. The summed E-state index contributed by atoms with van der Waals surface area (Å²) in [6, 6.07) is 3.94. The SMILES string of the molecule is Nc1cn2ccnc2c(NCCc2ccc(Cl)s2)n1. The van der Waals surface area contributed by atoms with Gasteiger partial charge in [-0.05, 0) is 18.6 Å². The molecule has 0 unspecified atom stereocenters. The Bertz CT molecular complexity index is 705. The highest BCUT2D eigenvalue weighted by atomic mass is 35.5. The predicted molar refractivity (Wildman–Crippen MR) is 78.9 cm³/mol. The van der Waals surface area contributed by atoms with Crippen LogP contribution in [0.4, 0.5) is 11.6 Å². The standard InChI is InChI=1S/C12H12ClN5S/c13-9-2-1-8(19-9)3-4-15-11-12-16-5-6-18(12)7-10(14)17-11/h1-2,5-7H,3-4,14H2,(H,15,17). The summed E-state index contributed by atoms with van der Waals surface area (Å²) >= 11 is 7.49. The van der Waals surface area contributed by atoms with Crippen LogP contribution >= 0.6 is 22.9 Å². The maximum absolute atomic E-state index is 5.90. The Morgan fingerprint density at radius 1 is 1.42 bits per heavy atom. The second-order valence-electron chi connectivity index (χ2n) is 4.06. The van der Waals surface area contributed by atoms with Gasteiger partial charge >= 0.3 is 0 Å². The molecule has 0 aliphatic heterocycles. The van der Waals surface area contributed by atoms with Gasteiger partial charge in [-0.3, -0.25) is 0 Å². The lowest BCUT2D eigenvalue weighted by Gasteiger charge is -2.07. The van der Waals surface area contributed by atoms with Crippen molar-refractivity contribution in [2.75, 3.05) is 17.6 Å². The number of nitrogens with zero attached hydrogens (tertiary/aromatic N) is 3. The van der Waals surface area contributed by atoms with Crippen LogP contribution in [0.15, 0.2) is 30.7 Å². The summed E-state index contributed by atoms with van der Waals surface area (Å²) in [4.78, 5) is 9.76. The molecule has 3 N–H and O–H groups in total. The molecule has 3 aromatic rings. The van der Waals surface area contributed by atoms with Gasteiger partial charge in [-0.25, -0.2) is 9.97 Å². The molecule has 3 heterocycles. The maximum atomic E-state index is 5.90. The van der Waals surface area contributed by atoms with E-state index in [-0.39, 0.29) is 0 Å². The smallest absolute Gasteiger partial charge is 0.180 e. The average Bonchev–Trinajstić information content (AvgIpc) is 2.98. The minimum atomic E-state index is 0.465. The van der Waals surface area contributed by atoms with Crippen LogP contribution in [0.3, 0.4) is 0 Å². The summed E-state index contributed by atoms with van der Waals surface area (Å²) in [6.45, 7) is 0.760. The Kier molecular flexibility index (Phi) is 3.27. The summed E-state index contributed by atoms with van der Waals surface area (Å²) in [5, 5.41) is 3.26. The molecule has 0 radical (unpaired) electrons. The highest BCUT2D eigenvalue weighted by Gasteiger charge is 2.06. The Morgan fingerprint density at radius 2 is 2.32 bits per heavy atom. The molecular weight excluding hydrogens is 282 g/mol. The van der Waals surface area contributed by atoms with E-state index in [1.807, 2.05) is 22.7 Å². The predicted octanol–water partition coefficient (Wildman–Crippen LogP) is 2.68. The van der Waals surface area contributed by atoms with Crippen molar-refractivity contribution in [2.24, 2.45) is 0 Å². The van der Waals surface area contributed by atoms with Gasteiger partial charge in [-0.2, -0.15) is 0 Å². The number of nitrogen functional groups attached to an aromatic ring is 1. The van der Waals surface area contributed by atoms with Crippen LogP contribution in [-0.2, 0) is 6.42 Å². The van der Waals surface area contributed by atoms with Crippen molar-refractivity contribution in [2.45, 2.75) is 6.42 Å². The first kappa shape index (κ1) is 12.3. The topological polar surface area (TPSA) is 68.2 Å². The van der Waals surface area contributed by atoms with Gasteiger partial charge in [0, 0.05) is 23.8 Å². The van der Waals surface area contributed by atoms with Crippen LogP contribution in [0.5, 0.6) is 0 Å². The second kappa shape index (κ2) is 5.07. The van der Waals surface area contributed by atoms with Crippen LogP contribution < -0.4 is 11.1 Å². The zero-order chi connectivity index (χ0) is 13.2. The first-order valence-electron chi connectivity index (χ1n) is 5.79. The maximum Gasteiger partial charge on any atom is 0.180 e. The van der Waals surface area contributed by atoms with E-state index in [0.717, 1.165) is 22.9 Å². The first-order chi connectivity index (χ1) is 9.22. The Balaban J connectivity index is 1.73. The zero-order valence-electron chi connectivity index (χ0n) is 10.0. The molecule has 0 aliphatic rings. The molecule has 0 aliphatic carbocycles. The number of anilines is 2. The normalized spacial score (nSPS) is 11.0. The van der Waals surface area contributed by atoms with Gasteiger partial charge in [0.15, 0.2) is 11.5 Å². The van der Waals surface area contributed by atoms with Gasteiger partial charge in [0.1, 0.15) is 5.82 Å². The molecule has 0 atom stereocenters. The fraction of sp³-hybridized carbons (Fsp3) is 0.167. The molecule has 0 saturated carbocycles. The van der Waals surface area contributed by atoms with Crippen molar-refractivity contribution < 1.29 is 0 Å². The summed E-state index contributed by atoms with van der Waals surface area (Å²) in [5.41, 5.74) is 6.53. The van der Waals surface area contributed by atoms with Crippen LogP contribution in [-0.4, -0.2) is 20.9 Å². The Hall–Kier alpha value is -1.79. The molecule has 0 saturated heterocycles. The lowest BCUT2D eigenvalue weighted by Crippen LogP contribution is -2.08. The van der Waals surface area contributed by atoms with Crippen LogP contribution in [0, 0.1) is 0 Å². The fourth-order valence-electron chi connectivity index (χ4n) is 1.86. The molecule has 0 fully saturated rings. The summed E-state index contributed by atoms with van der Waals surface area (Å²) < 4.78 is 2.67. The van der Waals surface area contributed by atoms with Gasteiger partial charge in [-0.15, -0.1) is 11.3 Å². The summed E-state index contributed by atoms with van der Waals surface area (Å²) in [7, 11) is 0. The number of halogens is 1. The Labute approximate surface area is 119 Å². The van der Waals surface area contributed by atoms with E-state index in [4.69, 9.17) is 17.3 Å². The van der Waals surface area contributed by atoms with E-state index in [1.165, 1.54) is 4.88 Å². The number of nitrogens with two attached hydrogens (primary N) is 1. The number of fused-ring (bicyclic) bond motifs is 1. The molecule has 98 valence electrons. The van der Waals surface area contributed by atoms with E-state index >= 15 is 0 Å². The number of aromatic nitrogens is 3. The molecule has 5 nitrogen and oxygen atoms in total. The van der Waals surface area contributed by atoms with E-state index in [9.17, 15) is 0 Å². The monoisotopic (exact) mass is 293 g/mol. The highest BCUT2D eigenvalue weighted by molar-refractivity contribution is 7.16. The third-order valence-electron chi connectivity index (χ3n) is 2.69. The van der Waals surface area contributed by atoms with Gasteiger partial charge in [-0.1, -0.05) is 11.6 Å². The molecule has 3 rings (SSSR count). The lowest BCUT2D eigenvalue weighted by molar-refractivity contribution is 1.02. The molecule has 3 aromatic heterocycles. The molecule has 0 aromatic carbocycles. The van der Waals surface area contributed by atoms with E-state index in [0.29, 0.717) is 11.6 Å². The van der Waals surface area contributed by atoms with Crippen molar-refractivity contribution in [3.05, 3.63) is 39.9 Å². The van der Waals surface area contributed by atoms with Gasteiger partial charge in [0.25, 0.3) is 0 Å². The molecule has 0 bridgehead atoms. The van der Waals surface area contributed by atoms with Crippen molar-refractivity contribution in [3.63, 3.8) is 0 Å². The Morgan fingerprint density at radius 3 is 3.11 bits per heavy atom. The molecule has 7 heteroatoms. The lowest BCUT2D eigenvalue weighted by atomic mass is 10.3. The third-order valence-corrected chi connectivity index (χ3v) is 3.98. The van der Waals surface area contributed by atoms with Crippen molar-refractivity contribution in [1.82, 2.24) is 14.4 Å². The fourth-order valence-corrected chi connectivity index (χ4v) is 2.95. The number of hydrogen-bond donors (Lipinski definition) is 2. The number of rotatable bonds is 4.